The summed E-state index contributed by atoms with van der Waals surface area (Å²) in [5, 5.41) is -0.273. The van der Waals surface area contributed by atoms with Crippen LogP contribution in [0.4, 0.5) is 0 Å². The van der Waals surface area contributed by atoms with Crippen molar-refractivity contribution in [1.29, 1.82) is 0 Å². The molecule has 2 unspecified atom stereocenters. The number of nitrogens with one attached hydrogen (secondary N) is 1. The van der Waals surface area contributed by atoms with Crippen LogP contribution < -0.4 is 10.0 Å². The molecule has 2 saturated heterocycles. The number of imide groups is 1. The largest absolute Gasteiger partial charge is 0.489 e. The standard InChI is InChI=1S/C25H25N3O6/c29-22-9-8-20(24(31)26-22)28-13-19-18(25(28)32)2-1-3-21(19)34-14-17-6-4-16(5-7-17)12-27-10-11-33-15-23(27)30/h1-7,20H,8-15H2,(H,26,29,31)/i8D,9D2,20D/hD. The van der Waals surface area contributed by atoms with Gasteiger partial charge in [-0.3, -0.25) is 24.5 Å². The van der Waals surface area contributed by atoms with Gasteiger partial charge in [-0.05, 0) is 29.7 Å². The Morgan fingerprint density at radius 3 is 2.74 bits per heavy atom. The summed E-state index contributed by atoms with van der Waals surface area (Å²) >= 11 is 0. The highest BCUT2D eigenvalue weighted by atomic mass is 16.5. The van der Waals surface area contributed by atoms with Crippen molar-refractivity contribution in [2.75, 3.05) is 19.8 Å². The second-order valence-corrected chi connectivity index (χ2v) is 8.04. The summed E-state index contributed by atoms with van der Waals surface area (Å²) in [6.07, 6.45) is -5.28. The number of carbonyl (C=O) groups is 4. The number of fused-ring (bicyclic) bond motifs is 1. The van der Waals surface area contributed by atoms with E-state index in [1.807, 2.05) is 24.3 Å². The zero-order chi connectivity index (χ0) is 28.1. The maximum atomic E-state index is 13.2. The van der Waals surface area contributed by atoms with E-state index in [-0.39, 0.29) is 36.5 Å². The van der Waals surface area contributed by atoms with Crippen molar-refractivity contribution >= 4 is 23.6 Å². The summed E-state index contributed by atoms with van der Waals surface area (Å²) in [6, 6.07) is 9.30. The van der Waals surface area contributed by atoms with Gasteiger partial charge in [-0.25, -0.2) is 0 Å². The first-order valence-electron chi connectivity index (χ1n) is 13.3. The molecule has 4 amide bonds. The molecular weight excluding hydrogens is 438 g/mol. The Morgan fingerprint density at radius 1 is 1.15 bits per heavy atom. The number of benzene rings is 2. The van der Waals surface area contributed by atoms with Gasteiger partial charge in [-0.1, -0.05) is 30.3 Å². The number of carbonyl (C=O) groups excluding carboxylic acids is 4. The predicted molar refractivity (Wildman–Crippen MR) is 119 cm³/mol. The molecule has 2 aromatic carbocycles. The normalized spacial score (nSPS) is 28.6. The van der Waals surface area contributed by atoms with Gasteiger partial charge in [0.15, 0.2) is 1.41 Å². The number of amides is 4. The molecule has 34 heavy (non-hydrogen) atoms. The van der Waals surface area contributed by atoms with Crippen LogP contribution in [0.15, 0.2) is 42.5 Å². The third-order valence-corrected chi connectivity index (χ3v) is 5.84. The van der Waals surface area contributed by atoms with E-state index in [1.54, 1.807) is 17.0 Å². The van der Waals surface area contributed by atoms with Gasteiger partial charge in [-0.15, -0.1) is 0 Å². The van der Waals surface area contributed by atoms with Crippen LogP contribution in [0, 0.1) is 0 Å². The molecule has 2 atom stereocenters. The summed E-state index contributed by atoms with van der Waals surface area (Å²) in [7, 11) is 0. The minimum absolute atomic E-state index is 0.0607. The van der Waals surface area contributed by atoms with Crippen LogP contribution in [-0.4, -0.2) is 59.2 Å². The lowest BCUT2D eigenvalue weighted by Crippen LogP contribution is -2.52. The molecule has 0 saturated carbocycles. The minimum Gasteiger partial charge on any atom is -0.489 e. The number of morpholine rings is 1. The minimum atomic E-state index is -3.02. The maximum Gasteiger partial charge on any atom is 0.255 e. The van der Waals surface area contributed by atoms with Crippen LogP contribution in [0.1, 0.15) is 45.3 Å². The molecule has 9 nitrogen and oxygen atoms in total. The molecule has 0 aliphatic carbocycles. The fraction of sp³-hybridized carbons (Fsp3) is 0.360. The zero-order valence-corrected chi connectivity index (χ0v) is 18.2. The first-order valence-corrected chi connectivity index (χ1v) is 10.8. The summed E-state index contributed by atoms with van der Waals surface area (Å²) in [5.41, 5.74) is 2.23. The number of hydrogen-bond donors (Lipinski definition) is 1. The highest BCUT2D eigenvalue weighted by Crippen LogP contribution is 2.34. The third kappa shape index (κ3) is 4.38. The molecule has 0 spiro atoms. The summed E-state index contributed by atoms with van der Waals surface area (Å²) < 4.78 is 51.5. The van der Waals surface area contributed by atoms with Gasteiger partial charge in [0.25, 0.3) is 5.91 Å². The van der Waals surface area contributed by atoms with E-state index >= 15 is 0 Å². The number of ether oxygens (including phenoxy) is 2. The van der Waals surface area contributed by atoms with Crippen LogP contribution in [-0.2, 0) is 38.8 Å². The average Bonchev–Trinajstić information content (AvgIpc) is 3.28. The predicted octanol–water partition coefficient (Wildman–Crippen LogP) is 1.39. The van der Waals surface area contributed by atoms with Crippen LogP contribution in [0.25, 0.3) is 0 Å². The first kappa shape index (κ1) is 16.8. The second kappa shape index (κ2) is 9.26. The Balaban J connectivity index is 1.31. The topological polar surface area (TPSA) is 105 Å². The Kier molecular flexibility index (Phi) is 4.58. The fourth-order valence-corrected chi connectivity index (χ4v) is 4.04. The number of hydrogen-bond acceptors (Lipinski definition) is 6. The van der Waals surface area contributed by atoms with E-state index in [0.717, 1.165) is 16.0 Å². The Hall–Kier alpha value is -3.72. The molecule has 0 radical (unpaired) electrons. The number of nitrogens with zero attached hydrogens (tertiary/aromatic N) is 2. The van der Waals surface area contributed by atoms with Crippen molar-refractivity contribution in [2.45, 2.75) is 38.5 Å². The van der Waals surface area contributed by atoms with E-state index in [9.17, 15) is 19.2 Å². The molecule has 1 N–H and O–H groups in total. The SMILES string of the molecule is [2H]C1C([2H])([2H])C(=O)N([2H])C(=O)C1([2H])N1Cc2c(OCc3ccc(CN4CCOCC4=O)cc3)cccc2C1=O. The molecular formula is C25H25N3O6. The van der Waals surface area contributed by atoms with Crippen molar-refractivity contribution < 1.29 is 35.5 Å². The van der Waals surface area contributed by atoms with Crippen LogP contribution in [0.5, 0.6) is 5.75 Å². The van der Waals surface area contributed by atoms with Crippen molar-refractivity contribution in [3.63, 3.8) is 0 Å². The molecule has 0 aromatic heterocycles. The first-order chi connectivity index (χ1) is 18.5. The summed E-state index contributed by atoms with van der Waals surface area (Å²) in [5.74, 6) is -3.57. The fourth-order valence-electron chi connectivity index (χ4n) is 4.04. The molecule has 0 bridgehead atoms. The maximum absolute atomic E-state index is 13.2. The van der Waals surface area contributed by atoms with E-state index < -0.39 is 36.5 Å². The van der Waals surface area contributed by atoms with Gasteiger partial charge in [0.1, 0.15) is 25.0 Å². The average molecular weight is 469 g/mol. The number of piperidine rings is 1. The van der Waals surface area contributed by atoms with E-state index in [0.29, 0.717) is 31.0 Å². The molecule has 176 valence electrons. The molecule has 2 aromatic rings. The van der Waals surface area contributed by atoms with Gasteiger partial charge in [0.05, 0.1) is 14.5 Å². The Morgan fingerprint density at radius 2 is 1.94 bits per heavy atom. The second-order valence-electron chi connectivity index (χ2n) is 8.04. The molecule has 3 heterocycles. The van der Waals surface area contributed by atoms with Crippen LogP contribution in [0.2, 0.25) is 1.41 Å². The van der Waals surface area contributed by atoms with E-state index in [2.05, 4.69) is 0 Å². The van der Waals surface area contributed by atoms with E-state index in [1.165, 1.54) is 6.07 Å². The van der Waals surface area contributed by atoms with Gasteiger partial charge >= 0.3 is 0 Å². The van der Waals surface area contributed by atoms with Crippen molar-refractivity contribution in [2.24, 2.45) is 0 Å². The zero-order valence-electron chi connectivity index (χ0n) is 23.2. The van der Waals surface area contributed by atoms with Gasteiger partial charge in [0, 0.05) is 34.7 Å². The molecule has 9 heteroatoms. The van der Waals surface area contributed by atoms with Crippen molar-refractivity contribution in [1.82, 2.24) is 15.1 Å². The van der Waals surface area contributed by atoms with Crippen molar-refractivity contribution in [3.8, 4) is 5.75 Å². The quantitative estimate of drug-likeness (QED) is 0.643. The summed E-state index contributed by atoms with van der Waals surface area (Å²) in [4.78, 5) is 52.5. The van der Waals surface area contributed by atoms with Gasteiger partial charge < -0.3 is 19.3 Å². The smallest absolute Gasteiger partial charge is 0.255 e. The highest BCUT2D eigenvalue weighted by Gasteiger charge is 2.40. The number of rotatable bonds is 6. The highest BCUT2D eigenvalue weighted by molar-refractivity contribution is 6.05. The monoisotopic (exact) mass is 468 g/mol. The third-order valence-electron chi connectivity index (χ3n) is 5.84. The lowest BCUT2D eigenvalue weighted by atomic mass is 10.0. The molecule has 2 fully saturated rings. The van der Waals surface area contributed by atoms with Crippen LogP contribution in [0.3, 0.4) is 0 Å². The lowest BCUT2D eigenvalue weighted by molar-refractivity contribution is -0.143. The van der Waals surface area contributed by atoms with Crippen molar-refractivity contribution in [3.05, 3.63) is 64.7 Å². The van der Waals surface area contributed by atoms with E-state index in [4.69, 9.17) is 16.4 Å². The van der Waals surface area contributed by atoms with Gasteiger partial charge in [-0.2, -0.15) is 0 Å². The summed E-state index contributed by atoms with van der Waals surface area (Å²) in [6.45, 7) is 1.38. The Bertz CT molecular complexity index is 1360. The van der Waals surface area contributed by atoms with Crippen LogP contribution >= 0.6 is 0 Å². The lowest BCUT2D eigenvalue weighted by Gasteiger charge is -2.29. The molecule has 3 aliphatic heterocycles. The molecule has 5 rings (SSSR count). The molecule has 3 aliphatic rings. The Labute approximate surface area is 203 Å². The van der Waals surface area contributed by atoms with Gasteiger partial charge in [0.2, 0.25) is 17.7 Å².